The maximum atomic E-state index is 12.1. The molecule has 0 aromatic heterocycles. The van der Waals surface area contributed by atoms with Gasteiger partial charge in [0.2, 0.25) is 11.8 Å². The van der Waals surface area contributed by atoms with Crippen molar-refractivity contribution in [2.24, 2.45) is 0 Å². The van der Waals surface area contributed by atoms with Crippen molar-refractivity contribution in [1.29, 1.82) is 0 Å². The first-order valence-corrected chi connectivity index (χ1v) is 8.39. The minimum absolute atomic E-state index is 0. The maximum Gasteiger partial charge on any atom is 0.320 e. The fourth-order valence-corrected chi connectivity index (χ4v) is 3.28. The second-order valence-electron chi connectivity index (χ2n) is 6.57. The quantitative estimate of drug-likeness (QED) is 0.693. The van der Waals surface area contributed by atoms with Crippen LogP contribution in [0, 0.1) is 20.8 Å². The Morgan fingerprint density at radius 1 is 1.15 bits per heavy atom. The molecule has 0 spiro atoms. The average Bonchev–Trinajstić information content (AvgIpc) is 2.97. The maximum absolute atomic E-state index is 12.1. The van der Waals surface area contributed by atoms with Crippen molar-refractivity contribution in [1.82, 2.24) is 10.2 Å². The molecule has 0 radical (unpaired) electrons. The number of benzene rings is 1. The van der Waals surface area contributed by atoms with Gasteiger partial charge in [-0.25, -0.2) is 0 Å². The van der Waals surface area contributed by atoms with Crippen LogP contribution in [0.4, 0.5) is 5.69 Å². The minimum Gasteiger partial charge on any atom is -0.480 e. The lowest BCUT2D eigenvalue weighted by molar-refractivity contribution is -0.142. The van der Waals surface area contributed by atoms with Crippen LogP contribution in [0.1, 0.15) is 29.5 Å². The zero-order chi connectivity index (χ0) is 18.6. The van der Waals surface area contributed by atoms with Gasteiger partial charge < -0.3 is 15.7 Å². The molecule has 1 saturated heterocycles. The van der Waals surface area contributed by atoms with E-state index in [2.05, 4.69) is 10.6 Å². The van der Waals surface area contributed by atoms with Crippen LogP contribution in [0.2, 0.25) is 0 Å². The van der Waals surface area contributed by atoms with Crippen LogP contribution >= 0.6 is 12.4 Å². The van der Waals surface area contributed by atoms with Crippen molar-refractivity contribution in [3.63, 3.8) is 0 Å². The van der Waals surface area contributed by atoms with Gasteiger partial charge in [-0.3, -0.25) is 19.3 Å². The average molecular weight is 384 g/mol. The van der Waals surface area contributed by atoms with E-state index >= 15 is 0 Å². The molecule has 3 N–H and O–H groups in total. The normalized spacial score (nSPS) is 16.7. The lowest BCUT2D eigenvalue weighted by atomic mass is 10.1. The molecule has 1 fully saturated rings. The number of nitrogens with zero attached hydrogens (tertiary/aromatic N) is 1. The zero-order valence-electron chi connectivity index (χ0n) is 15.3. The number of hydrogen-bond acceptors (Lipinski definition) is 4. The van der Waals surface area contributed by atoms with E-state index in [9.17, 15) is 14.4 Å². The summed E-state index contributed by atoms with van der Waals surface area (Å²) in [5, 5.41) is 14.5. The first-order valence-electron chi connectivity index (χ1n) is 8.39. The van der Waals surface area contributed by atoms with Crippen LogP contribution < -0.4 is 10.6 Å². The number of rotatable bonds is 6. The lowest BCUT2D eigenvalue weighted by Crippen LogP contribution is -2.44. The van der Waals surface area contributed by atoms with Crippen LogP contribution in [0.5, 0.6) is 0 Å². The Morgan fingerprint density at radius 3 is 2.35 bits per heavy atom. The molecule has 144 valence electrons. The second-order valence-corrected chi connectivity index (χ2v) is 6.57. The highest BCUT2D eigenvalue weighted by atomic mass is 35.5. The third-order valence-corrected chi connectivity index (χ3v) is 4.38. The van der Waals surface area contributed by atoms with E-state index in [4.69, 9.17) is 5.11 Å². The SMILES string of the molecule is Cc1cc(C)c(NC(=O)CNC(=O)CN2CCCC2C(=O)O)c(C)c1.Cl. The number of carboxylic acids is 1. The predicted molar refractivity (Wildman–Crippen MR) is 102 cm³/mol. The highest BCUT2D eigenvalue weighted by Gasteiger charge is 2.31. The van der Waals surface area contributed by atoms with Gasteiger partial charge in [0.25, 0.3) is 0 Å². The summed E-state index contributed by atoms with van der Waals surface area (Å²) in [6.07, 6.45) is 1.31. The summed E-state index contributed by atoms with van der Waals surface area (Å²) in [5.74, 6) is -1.56. The molecule has 8 heteroatoms. The van der Waals surface area contributed by atoms with E-state index in [1.165, 1.54) is 0 Å². The summed E-state index contributed by atoms with van der Waals surface area (Å²) in [6.45, 7) is 6.28. The Hall–Kier alpha value is -2.12. The Bertz CT molecular complexity index is 670. The van der Waals surface area contributed by atoms with Crippen LogP contribution in [0.15, 0.2) is 12.1 Å². The van der Waals surface area contributed by atoms with E-state index in [0.717, 1.165) is 28.8 Å². The summed E-state index contributed by atoms with van der Waals surface area (Å²) in [5.41, 5.74) is 3.83. The van der Waals surface area contributed by atoms with Crippen molar-refractivity contribution < 1.29 is 19.5 Å². The Morgan fingerprint density at radius 2 is 1.77 bits per heavy atom. The number of halogens is 1. The highest BCUT2D eigenvalue weighted by molar-refractivity contribution is 5.96. The Labute approximate surface area is 159 Å². The molecule has 1 aliphatic rings. The van der Waals surface area contributed by atoms with E-state index in [1.54, 1.807) is 4.90 Å². The van der Waals surface area contributed by atoms with Crippen molar-refractivity contribution in [2.75, 3.05) is 25.0 Å². The van der Waals surface area contributed by atoms with Gasteiger partial charge in [0.1, 0.15) is 6.04 Å². The molecule has 1 aromatic carbocycles. The standard InChI is InChI=1S/C18H25N3O4.ClH/c1-11-7-12(2)17(13(3)8-11)20-15(22)9-19-16(23)10-21-6-4-5-14(21)18(24)25;/h7-8,14H,4-6,9-10H2,1-3H3,(H,19,23)(H,20,22)(H,24,25);1H. The number of hydrogen-bond donors (Lipinski definition) is 3. The molecule has 7 nitrogen and oxygen atoms in total. The number of amides is 2. The van der Waals surface area contributed by atoms with Crippen LogP contribution in [-0.4, -0.2) is 53.5 Å². The van der Waals surface area contributed by atoms with Gasteiger partial charge in [0, 0.05) is 5.69 Å². The van der Waals surface area contributed by atoms with Gasteiger partial charge in [-0.05, 0) is 51.3 Å². The number of carbonyl (C=O) groups excluding carboxylic acids is 2. The molecule has 0 aliphatic carbocycles. The van der Waals surface area contributed by atoms with Crippen LogP contribution in [0.3, 0.4) is 0 Å². The van der Waals surface area contributed by atoms with Gasteiger partial charge in [-0.2, -0.15) is 0 Å². The molecule has 1 aromatic rings. The molecule has 2 amide bonds. The molecule has 1 atom stereocenters. The molecule has 1 heterocycles. The van der Waals surface area contributed by atoms with Crippen LogP contribution in [0.25, 0.3) is 0 Å². The predicted octanol–water partition coefficient (Wildman–Crippen LogP) is 1.64. The van der Waals surface area contributed by atoms with Crippen molar-refractivity contribution in [3.8, 4) is 0 Å². The zero-order valence-corrected chi connectivity index (χ0v) is 16.1. The fraction of sp³-hybridized carbons (Fsp3) is 0.500. The Kier molecular flexibility index (Phi) is 8.05. The van der Waals surface area contributed by atoms with E-state index in [0.29, 0.717) is 13.0 Å². The van der Waals surface area contributed by atoms with Gasteiger partial charge >= 0.3 is 5.97 Å². The van der Waals surface area contributed by atoms with E-state index in [-0.39, 0.29) is 37.3 Å². The van der Waals surface area contributed by atoms with E-state index in [1.807, 2.05) is 32.9 Å². The van der Waals surface area contributed by atoms with Crippen molar-refractivity contribution in [3.05, 3.63) is 28.8 Å². The first kappa shape index (κ1) is 21.9. The first-order chi connectivity index (χ1) is 11.8. The topological polar surface area (TPSA) is 98.7 Å². The molecular formula is C18H26ClN3O4. The molecule has 2 rings (SSSR count). The summed E-state index contributed by atoms with van der Waals surface area (Å²) >= 11 is 0. The lowest BCUT2D eigenvalue weighted by Gasteiger charge is -2.20. The molecule has 26 heavy (non-hydrogen) atoms. The highest BCUT2D eigenvalue weighted by Crippen LogP contribution is 2.21. The number of anilines is 1. The third-order valence-electron chi connectivity index (χ3n) is 4.38. The summed E-state index contributed by atoms with van der Waals surface area (Å²) in [4.78, 5) is 36.8. The largest absolute Gasteiger partial charge is 0.480 e. The van der Waals surface area contributed by atoms with Gasteiger partial charge in [0.15, 0.2) is 0 Å². The van der Waals surface area contributed by atoms with Gasteiger partial charge in [-0.1, -0.05) is 17.7 Å². The summed E-state index contributed by atoms with van der Waals surface area (Å²) in [6, 6.07) is 3.36. The fourth-order valence-electron chi connectivity index (χ4n) is 3.28. The monoisotopic (exact) mass is 383 g/mol. The van der Waals surface area contributed by atoms with Gasteiger partial charge in [-0.15, -0.1) is 12.4 Å². The molecule has 1 aliphatic heterocycles. The number of carbonyl (C=O) groups is 3. The third kappa shape index (κ3) is 5.71. The number of carboxylic acid groups (broad SMARTS) is 1. The minimum atomic E-state index is -0.909. The Balaban J connectivity index is 0.00000338. The number of aliphatic carboxylic acids is 1. The van der Waals surface area contributed by atoms with E-state index < -0.39 is 12.0 Å². The number of aryl methyl sites for hydroxylation is 3. The van der Waals surface area contributed by atoms with Crippen LogP contribution in [-0.2, 0) is 14.4 Å². The molecule has 1 unspecified atom stereocenters. The molecule has 0 bridgehead atoms. The second kappa shape index (κ2) is 9.54. The molecular weight excluding hydrogens is 358 g/mol. The van der Waals surface area contributed by atoms with Gasteiger partial charge in [0.05, 0.1) is 13.1 Å². The molecule has 0 saturated carbocycles. The van der Waals surface area contributed by atoms with Crippen molar-refractivity contribution in [2.45, 2.75) is 39.7 Å². The van der Waals surface area contributed by atoms with Crippen molar-refractivity contribution >= 4 is 35.9 Å². The smallest absolute Gasteiger partial charge is 0.320 e. The summed E-state index contributed by atoms with van der Waals surface area (Å²) < 4.78 is 0. The number of likely N-dealkylation sites (tertiary alicyclic amines) is 1. The summed E-state index contributed by atoms with van der Waals surface area (Å²) in [7, 11) is 0. The number of nitrogens with one attached hydrogen (secondary N) is 2.